The first-order chi connectivity index (χ1) is 7.18. The number of carbonyl (C=O) groups excluding carboxylic acids is 1. The van der Waals surface area contributed by atoms with Gasteiger partial charge in [0.1, 0.15) is 5.69 Å². The second-order valence-corrected chi connectivity index (χ2v) is 3.60. The topological polar surface area (TPSA) is 53.4 Å². The predicted molar refractivity (Wildman–Crippen MR) is 52.6 cm³/mol. The zero-order valence-corrected chi connectivity index (χ0v) is 8.90. The molecule has 5 nitrogen and oxygen atoms in total. The molecule has 15 heavy (non-hydrogen) atoms. The number of ether oxygens (including phenoxy) is 2. The fraction of sp³-hybridized carbons (Fsp3) is 0.600. The molecule has 1 aromatic rings. The second kappa shape index (κ2) is 4.12. The van der Waals surface area contributed by atoms with Crippen molar-refractivity contribution in [1.29, 1.82) is 0 Å². The third-order valence-corrected chi connectivity index (χ3v) is 2.43. The Balaban J connectivity index is 2.07. The van der Waals surface area contributed by atoms with Gasteiger partial charge in [-0.2, -0.15) is 5.10 Å². The number of hydrogen-bond acceptors (Lipinski definition) is 4. The molecule has 0 amide bonds. The van der Waals surface area contributed by atoms with Gasteiger partial charge in [0.05, 0.1) is 25.8 Å². The maximum absolute atomic E-state index is 11.9. The van der Waals surface area contributed by atoms with E-state index in [1.165, 1.54) is 0 Å². The van der Waals surface area contributed by atoms with Crippen molar-refractivity contribution in [2.45, 2.75) is 19.6 Å². The molecular formula is C10H14N2O3. The van der Waals surface area contributed by atoms with E-state index in [2.05, 4.69) is 5.10 Å². The van der Waals surface area contributed by atoms with Crippen molar-refractivity contribution in [3.05, 3.63) is 17.5 Å². The van der Waals surface area contributed by atoms with Gasteiger partial charge in [-0.1, -0.05) is 0 Å². The fourth-order valence-electron chi connectivity index (χ4n) is 1.72. The van der Waals surface area contributed by atoms with E-state index in [0.717, 1.165) is 5.56 Å². The summed E-state index contributed by atoms with van der Waals surface area (Å²) in [6.45, 7) is 3.02. The molecule has 0 unspecified atom stereocenters. The quantitative estimate of drug-likeness (QED) is 0.688. The zero-order valence-electron chi connectivity index (χ0n) is 8.90. The molecule has 0 radical (unpaired) electrons. The summed E-state index contributed by atoms with van der Waals surface area (Å²) >= 11 is 0. The SMILES string of the molecule is Cc1cnn(C)c1C(=O)CC1OCCO1. The first kappa shape index (κ1) is 10.3. The number of ketones is 1. The van der Waals surface area contributed by atoms with Gasteiger partial charge in [-0.3, -0.25) is 9.48 Å². The third kappa shape index (κ3) is 2.08. The summed E-state index contributed by atoms with van der Waals surface area (Å²) in [6.07, 6.45) is 1.57. The number of rotatable bonds is 3. The summed E-state index contributed by atoms with van der Waals surface area (Å²) in [4.78, 5) is 11.9. The highest BCUT2D eigenvalue weighted by molar-refractivity contribution is 5.95. The van der Waals surface area contributed by atoms with Gasteiger partial charge in [0.25, 0.3) is 0 Å². The van der Waals surface area contributed by atoms with Crippen molar-refractivity contribution in [2.24, 2.45) is 7.05 Å². The minimum Gasteiger partial charge on any atom is -0.350 e. The van der Waals surface area contributed by atoms with Crippen LogP contribution in [0.25, 0.3) is 0 Å². The smallest absolute Gasteiger partial charge is 0.186 e. The Bertz CT molecular complexity index is 347. The van der Waals surface area contributed by atoms with Crippen molar-refractivity contribution < 1.29 is 14.3 Å². The molecular weight excluding hydrogens is 196 g/mol. The van der Waals surface area contributed by atoms with E-state index in [9.17, 15) is 4.79 Å². The molecule has 0 atom stereocenters. The summed E-state index contributed by atoms with van der Waals surface area (Å²) in [5.74, 6) is 0.0133. The average molecular weight is 210 g/mol. The van der Waals surface area contributed by atoms with Gasteiger partial charge in [-0.15, -0.1) is 0 Å². The lowest BCUT2D eigenvalue weighted by atomic mass is 10.1. The van der Waals surface area contributed by atoms with Crippen LogP contribution >= 0.6 is 0 Å². The highest BCUT2D eigenvalue weighted by atomic mass is 16.7. The number of Topliss-reactive ketones (excluding diaryl/α,β-unsaturated/α-hetero) is 1. The van der Waals surface area contributed by atoms with E-state index in [1.54, 1.807) is 17.9 Å². The van der Waals surface area contributed by atoms with Gasteiger partial charge in [-0.25, -0.2) is 0 Å². The van der Waals surface area contributed by atoms with Crippen LogP contribution in [0.2, 0.25) is 0 Å². The van der Waals surface area contributed by atoms with Gasteiger partial charge < -0.3 is 9.47 Å². The zero-order chi connectivity index (χ0) is 10.8. The van der Waals surface area contributed by atoms with Crippen LogP contribution in [0.4, 0.5) is 0 Å². The number of aromatic nitrogens is 2. The number of hydrogen-bond donors (Lipinski definition) is 0. The Labute approximate surface area is 88.0 Å². The normalized spacial score (nSPS) is 17.2. The average Bonchev–Trinajstić information content (AvgIpc) is 2.77. The van der Waals surface area contributed by atoms with Crippen molar-refractivity contribution >= 4 is 5.78 Å². The molecule has 5 heteroatoms. The van der Waals surface area contributed by atoms with Crippen LogP contribution in [0.3, 0.4) is 0 Å². The number of aryl methyl sites for hydroxylation is 2. The van der Waals surface area contributed by atoms with E-state index >= 15 is 0 Å². The summed E-state index contributed by atoms with van der Waals surface area (Å²) in [7, 11) is 1.76. The molecule has 0 aromatic carbocycles. The van der Waals surface area contributed by atoms with E-state index in [-0.39, 0.29) is 18.5 Å². The maximum Gasteiger partial charge on any atom is 0.186 e. The monoisotopic (exact) mass is 210 g/mol. The Morgan fingerprint density at radius 1 is 1.60 bits per heavy atom. The molecule has 0 bridgehead atoms. The molecule has 0 spiro atoms. The van der Waals surface area contributed by atoms with E-state index < -0.39 is 0 Å². The van der Waals surface area contributed by atoms with Crippen LogP contribution in [-0.2, 0) is 16.5 Å². The summed E-state index contributed by atoms with van der Waals surface area (Å²) in [5.41, 5.74) is 1.52. The largest absolute Gasteiger partial charge is 0.350 e. The third-order valence-electron chi connectivity index (χ3n) is 2.43. The van der Waals surface area contributed by atoms with Crippen molar-refractivity contribution in [2.75, 3.05) is 13.2 Å². The fourth-order valence-corrected chi connectivity index (χ4v) is 1.72. The first-order valence-corrected chi connectivity index (χ1v) is 4.93. The van der Waals surface area contributed by atoms with Gasteiger partial charge >= 0.3 is 0 Å². The Morgan fingerprint density at radius 2 is 2.27 bits per heavy atom. The predicted octanol–water partition coefficient (Wildman–Crippen LogP) is 0.674. The summed E-state index contributed by atoms with van der Waals surface area (Å²) < 4.78 is 12.0. The van der Waals surface area contributed by atoms with Crippen LogP contribution in [-0.4, -0.2) is 35.1 Å². The van der Waals surface area contributed by atoms with Crippen LogP contribution in [0.1, 0.15) is 22.5 Å². The molecule has 1 aliphatic heterocycles. The van der Waals surface area contributed by atoms with Crippen LogP contribution < -0.4 is 0 Å². The summed E-state index contributed by atoms with van der Waals surface area (Å²) in [6, 6.07) is 0. The molecule has 0 N–H and O–H groups in total. The standard InChI is InChI=1S/C10H14N2O3/c1-7-6-11-12(2)10(7)8(13)5-9-14-3-4-15-9/h6,9H,3-5H2,1-2H3. The minimum absolute atomic E-state index is 0.0133. The lowest BCUT2D eigenvalue weighted by molar-refractivity contribution is -0.0409. The Morgan fingerprint density at radius 3 is 2.80 bits per heavy atom. The molecule has 1 aromatic heterocycles. The van der Waals surface area contributed by atoms with Gasteiger partial charge in [-0.05, 0) is 12.5 Å². The van der Waals surface area contributed by atoms with Crippen molar-refractivity contribution in [3.8, 4) is 0 Å². The molecule has 1 saturated heterocycles. The van der Waals surface area contributed by atoms with E-state index in [4.69, 9.17) is 9.47 Å². The van der Waals surface area contributed by atoms with Crippen LogP contribution in [0.5, 0.6) is 0 Å². The van der Waals surface area contributed by atoms with Crippen LogP contribution in [0, 0.1) is 6.92 Å². The lowest BCUT2D eigenvalue weighted by Crippen LogP contribution is -2.17. The second-order valence-electron chi connectivity index (χ2n) is 3.60. The molecule has 1 fully saturated rings. The summed E-state index contributed by atoms with van der Waals surface area (Å²) in [5, 5.41) is 4.03. The first-order valence-electron chi connectivity index (χ1n) is 4.93. The Kier molecular flexibility index (Phi) is 2.83. The van der Waals surface area contributed by atoms with Gasteiger partial charge in [0.15, 0.2) is 12.1 Å². The minimum atomic E-state index is -0.383. The highest BCUT2D eigenvalue weighted by Gasteiger charge is 2.23. The van der Waals surface area contributed by atoms with Crippen LogP contribution in [0.15, 0.2) is 6.20 Å². The van der Waals surface area contributed by atoms with Gasteiger partial charge in [0, 0.05) is 7.05 Å². The molecule has 2 heterocycles. The van der Waals surface area contributed by atoms with Crippen molar-refractivity contribution in [1.82, 2.24) is 9.78 Å². The number of nitrogens with zero attached hydrogens (tertiary/aromatic N) is 2. The van der Waals surface area contributed by atoms with Crippen molar-refractivity contribution in [3.63, 3.8) is 0 Å². The highest BCUT2D eigenvalue weighted by Crippen LogP contribution is 2.14. The lowest BCUT2D eigenvalue weighted by Gasteiger charge is -2.08. The molecule has 82 valence electrons. The van der Waals surface area contributed by atoms with E-state index in [1.807, 2.05) is 6.92 Å². The molecule has 0 aliphatic carbocycles. The molecule has 1 aliphatic rings. The molecule has 0 saturated carbocycles. The number of carbonyl (C=O) groups is 1. The Hall–Kier alpha value is -1.20. The van der Waals surface area contributed by atoms with Gasteiger partial charge in [0.2, 0.25) is 0 Å². The molecule has 2 rings (SSSR count). The van der Waals surface area contributed by atoms with E-state index in [0.29, 0.717) is 18.9 Å². The maximum atomic E-state index is 11.9.